The number of hydrogen-bond donors (Lipinski definition) is 0. The molecule has 1 aromatic heterocycles. The first kappa shape index (κ1) is 21.9. The predicted molar refractivity (Wildman–Crippen MR) is 105 cm³/mol. The number of aliphatic imine (C=N–C) groups is 1. The lowest BCUT2D eigenvalue weighted by molar-refractivity contribution is -0.183. The maximum atomic E-state index is 14.1. The lowest BCUT2D eigenvalue weighted by Crippen LogP contribution is -2.43. The molecule has 0 fully saturated rings. The third kappa shape index (κ3) is 4.52. The Kier molecular flexibility index (Phi) is 6.13. The van der Waals surface area contributed by atoms with Crippen LogP contribution in [-0.4, -0.2) is 29.4 Å². The fourth-order valence-electron chi connectivity index (χ4n) is 3.13. The summed E-state index contributed by atoms with van der Waals surface area (Å²) in [6.07, 6.45) is -4.99. The summed E-state index contributed by atoms with van der Waals surface area (Å²) < 4.78 is 47.3. The van der Waals surface area contributed by atoms with Crippen LogP contribution in [0.4, 0.5) is 13.2 Å². The molecule has 4 nitrogen and oxygen atoms in total. The van der Waals surface area contributed by atoms with Gasteiger partial charge in [-0.2, -0.15) is 13.2 Å². The Morgan fingerprint density at radius 3 is 2.38 bits per heavy atom. The minimum Gasteiger partial charge on any atom is -0.461 e. The highest BCUT2D eigenvalue weighted by molar-refractivity contribution is 6.32. The highest BCUT2D eigenvalue weighted by Gasteiger charge is 2.58. The maximum Gasteiger partial charge on any atom is 0.400 e. The Morgan fingerprint density at radius 2 is 1.83 bits per heavy atom. The summed E-state index contributed by atoms with van der Waals surface area (Å²) in [4.78, 5) is 18.8. The summed E-state index contributed by atoms with van der Waals surface area (Å²) in [6.45, 7) is 0.737. The Morgan fingerprint density at radius 1 is 1.17 bits per heavy atom. The fraction of sp³-hybridized carbons (Fsp3) is 0.316. The average Bonchev–Trinajstić information content (AvgIpc) is 3.06. The van der Waals surface area contributed by atoms with Gasteiger partial charge in [0.1, 0.15) is 22.3 Å². The largest absolute Gasteiger partial charge is 0.461 e. The summed E-state index contributed by atoms with van der Waals surface area (Å²) in [5.41, 5.74) is -1.10. The lowest BCUT2D eigenvalue weighted by Gasteiger charge is -2.31. The molecule has 10 heteroatoms. The predicted octanol–water partition coefficient (Wildman–Crippen LogP) is 5.80. The van der Waals surface area contributed by atoms with E-state index in [0.29, 0.717) is 11.1 Å². The van der Waals surface area contributed by atoms with Crippen molar-refractivity contribution in [3.63, 3.8) is 0 Å². The summed E-state index contributed by atoms with van der Waals surface area (Å²) >= 11 is 17.9. The highest BCUT2D eigenvalue weighted by atomic mass is 35.5. The van der Waals surface area contributed by atoms with Crippen molar-refractivity contribution in [1.29, 1.82) is 0 Å². The van der Waals surface area contributed by atoms with Crippen LogP contribution < -0.4 is 0 Å². The van der Waals surface area contributed by atoms with Crippen molar-refractivity contribution >= 4 is 46.5 Å². The number of aromatic nitrogens is 1. The van der Waals surface area contributed by atoms with Crippen LogP contribution in [0.25, 0.3) is 0 Å². The maximum absolute atomic E-state index is 14.1. The molecule has 2 aromatic rings. The summed E-state index contributed by atoms with van der Waals surface area (Å²) in [5, 5.41) is 0.0239. The highest BCUT2D eigenvalue weighted by Crippen LogP contribution is 2.48. The molecule has 1 aromatic carbocycles. The Bertz CT molecular complexity index is 975. The van der Waals surface area contributed by atoms with Crippen LogP contribution in [-0.2, 0) is 21.6 Å². The van der Waals surface area contributed by atoms with E-state index in [1.54, 1.807) is 12.1 Å². The molecule has 0 saturated carbocycles. The number of alkyl halides is 3. The van der Waals surface area contributed by atoms with Gasteiger partial charge in [-0.05, 0) is 29.3 Å². The smallest absolute Gasteiger partial charge is 0.400 e. The normalized spacial score (nSPS) is 19.2. The molecule has 154 valence electrons. The molecule has 0 saturated heterocycles. The topological polar surface area (TPSA) is 51.5 Å². The van der Waals surface area contributed by atoms with Crippen molar-refractivity contribution in [2.45, 2.75) is 31.5 Å². The molecule has 1 atom stereocenters. The second kappa shape index (κ2) is 8.13. The first-order valence-electron chi connectivity index (χ1n) is 8.37. The van der Waals surface area contributed by atoms with Crippen LogP contribution in [0.3, 0.4) is 0 Å². The molecule has 0 spiro atoms. The lowest BCUT2D eigenvalue weighted by atomic mass is 9.77. The molecule has 0 amide bonds. The number of halogens is 6. The van der Waals surface area contributed by atoms with Crippen LogP contribution in [0.1, 0.15) is 30.0 Å². The molecule has 1 aliphatic heterocycles. The standard InChI is InChI=1S/C19H14Cl3F3N2O2/c1-10(28)29-8-12-3-2-11(4-14(12)20)15-7-18(9-26-15,19(23,24)25)13-5-16(21)27-17(22)6-13/h2-6H,7-9H2,1H3. The van der Waals surface area contributed by atoms with E-state index in [-0.39, 0.29) is 33.2 Å². The van der Waals surface area contributed by atoms with Crippen molar-refractivity contribution in [1.82, 2.24) is 4.98 Å². The molecule has 1 unspecified atom stereocenters. The first-order chi connectivity index (χ1) is 13.5. The van der Waals surface area contributed by atoms with Crippen molar-refractivity contribution < 1.29 is 22.7 Å². The molecule has 0 N–H and O–H groups in total. The van der Waals surface area contributed by atoms with E-state index in [2.05, 4.69) is 9.98 Å². The van der Waals surface area contributed by atoms with Gasteiger partial charge < -0.3 is 4.74 Å². The molecular weight excluding hydrogens is 452 g/mol. The minimum absolute atomic E-state index is 0.0264. The molecule has 0 aliphatic carbocycles. The van der Waals surface area contributed by atoms with Gasteiger partial charge in [-0.1, -0.05) is 46.9 Å². The Balaban J connectivity index is 1.93. The van der Waals surface area contributed by atoms with Crippen molar-refractivity contribution in [3.8, 4) is 0 Å². The van der Waals surface area contributed by atoms with Gasteiger partial charge in [-0.15, -0.1) is 0 Å². The van der Waals surface area contributed by atoms with Gasteiger partial charge in [0.25, 0.3) is 0 Å². The van der Waals surface area contributed by atoms with Gasteiger partial charge in [0.15, 0.2) is 0 Å². The number of hydrogen-bond acceptors (Lipinski definition) is 4. The first-order valence-corrected chi connectivity index (χ1v) is 9.51. The SMILES string of the molecule is CC(=O)OCc1ccc(C2=NCC(c3cc(Cl)nc(Cl)c3)(C(F)(F)F)C2)cc1Cl. The van der Waals surface area contributed by atoms with E-state index in [9.17, 15) is 18.0 Å². The van der Waals surface area contributed by atoms with E-state index in [0.717, 1.165) is 12.1 Å². The Hall–Kier alpha value is -1.83. The van der Waals surface area contributed by atoms with Crippen LogP contribution >= 0.6 is 34.8 Å². The number of carbonyl (C=O) groups excluding carboxylic acids is 1. The van der Waals surface area contributed by atoms with Gasteiger partial charge in [-0.25, -0.2) is 4.98 Å². The van der Waals surface area contributed by atoms with Crippen LogP contribution in [0, 0.1) is 0 Å². The van der Waals surface area contributed by atoms with Gasteiger partial charge >= 0.3 is 12.1 Å². The number of ether oxygens (including phenoxy) is 1. The van der Waals surface area contributed by atoms with Crippen LogP contribution in [0.15, 0.2) is 35.3 Å². The van der Waals surface area contributed by atoms with Gasteiger partial charge in [0.05, 0.1) is 6.54 Å². The van der Waals surface area contributed by atoms with Gasteiger partial charge in [0.2, 0.25) is 0 Å². The third-order valence-electron chi connectivity index (χ3n) is 4.68. The van der Waals surface area contributed by atoms with E-state index in [1.807, 2.05) is 0 Å². The molecule has 3 rings (SSSR count). The van der Waals surface area contributed by atoms with Gasteiger partial charge in [-0.3, -0.25) is 9.79 Å². The second-order valence-corrected chi connectivity index (χ2v) is 7.79. The zero-order valence-electron chi connectivity index (χ0n) is 15.0. The molecule has 1 aliphatic rings. The van der Waals surface area contributed by atoms with Crippen LogP contribution in [0.2, 0.25) is 15.3 Å². The van der Waals surface area contributed by atoms with E-state index < -0.39 is 30.5 Å². The van der Waals surface area contributed by atoms with E-state index in [4.69, 9.17) is 39.5 Å². The van der Waals surface area contributed by atoms with Crippen LogP contribution in [0.5, 0.6) is 0 Å². The summed E-state index contributed by atoms with van der Waals surface area (Å²) in [6, 6.07) is 7.03. The van der Waals surface area contributed by atoms with E-state index >= 15 is 0 Å². The third-order valence-corrected chi connectivity index (χ3v) is 5.42. The molecule has 0 bridgehead atoms. The zero-order chi connectivity index (χ0) is 21.4. The number of rotatable bonds is 4. The number of esters is 1. The fourth-order valence-corrected chi connectivity index (χ4v) is 3.83. The zero-order valence-corrected chi connectivity index (χ0v) is 17.3. The van der Waals surface area contributed by atoms with Crippen molar-refractivity contribution in [2.24, 2.45) is 4.99 Å². The Labute approximate surface area is 179 Å². The summed E-state index contributed by atoms with van der Waals surface area (Å²) in [7, 11) is 0. The number of benzene rings is 1. The number of carbonyl (C=O) groups is 1. The minimum atomic E-state index is -4.59. The van der Waals surface area contributed by atoms with Crippen molar-refractivity contribution in [2.75, 3.05) is 6.54 Å². The molecular formula is C19H14Cl3F3N2O2. The van der Waals surface area contributed by atoms with Crippen molar-refractivity contribution in [3.05, 3.63) is 62.4 Å². The number of nitrogens with zero attached hydrogens (tertiary/aromatic N) is 2. The van der Waals surface area contributed by atoms with Gasteiger partial charge in [0, 0.05) is 29.6 Å². The molecule has 2 heterocycles. The monoisotopic (exact) mass is 464 g/mol. The summed E-state index contributed by atoms with van der Waals surface area (Å²) in [5.74, 6) is -0.463. The number of pyridine rings is 1. The molecule has 0 radical (unpaired) electrons. The molecule has 29 heavy (non-hydrogen) atoms. The second-order valence-electron chi connectivity index (χ2n) is 6.61. The van der Waals surface area contributed by atoms with E-state index in [1.165, 1.54) is 13.0 Å². The quantitative estimate of drug-likeness (QED) is 0.424. The average molecular weight is 466 g/mol.